The van der Waals surface area contributed by atoms with Crippen LogP contribution in [0.2, 0.25) is 5.02 Å². The molecule has 0 aliphatic heterocycles. The first kappa shape index (κ1) is 13.3. The third-order valence-electron chi connectivity index (χ3n) is 2.30. The Morgan fingerprint density at radius 2 is 2.12 bits per heavy atom. The minimum atomic E-state index is -0.962. The number of methoxy groups -OCH3 is 1. The van der Waals surface area contributed by atoms with Crippen LogP contribution in [0.5, 0.6) is 5.75 Å². The zero-order chi connectivity index (χ0) is 12.1. The molecule has 0 bridgehead atoms. The van der Waals surface area contributed by atoms with E-state index in [0.29, 0.717) is 22.9 Å². The van der Waals surface area contributed by atoms with E-state index in [1.54, 1.807) is 25.2 Å². The van der Waals surface area contributed by atoms with Gasteiger partial charge in [-0.2, -0.15) is 0 Å². The monoisotopic (exact) mass is 245 g/mol. The number of rotatable bonds is 5. The van der Waals surface area contributed by atoms with Crippen LogP contribution in [0.4, 0.5) is 0 Å². The summed E-state index contributed by atoms with van der Waals surface area (Å²) >= 11 is 5.92. The zero-order valence-corrected chi connectivity index (χ0v) is 10.0. The fourth-order valence-electron chi connectivity index (χ4n) is 1.41. The number of nitrogens with one attached hydrogen (secondary N) is 1. The van der Waals surface area contributed by atoms with E-state index in [2.05, 4.69) is 5.32 Å². The molecule has 0 aliphatic carbocycles. The molecule has 5 heteroatoms. The Bertz CT molecular complexity index is 346. The lowest BCUT2D eigenvalue weighted by atomic mass is 10.0. The molecule has 16 heavy (non-hydrogen) atoms. The standard InChI is InChI=1S/C11H16ClNO3/c1-13-6-9(14)11(15)7-3-4-10(16-2)8(12)5-7/h3-5,9,11,13-15H,6H2,1-2H3. The summed E-state index contributed by atoms with van der Waals surface area (Å²) in [4.78, 5) is 0. The molecule has 90 valence electrons. The van der Waals surface area contributed by atoms with Gasteiger partial charge in [0, 0.05) is 6.54 Å². The molecule has 2 atom stereocenters. The molecule has 3 N–H and O–H groups in total. The summed E-state index contributed by atoms with van der Waals surface area (Å²) in [5, 5.41) is 22.6. The van der Waals surface area contributed by atoms with Gasteiger partial charge in [-0.15, -0.1) is 0 Å². The highest BCUT2D eigenvalue weighted by atomic mass is 35.5. The highest BCUT2D eigenvalue weighted by molar-refractivity contribution is 6.32. The van der Waals surface area contributed by atoms with E-state index in [1.165, 1.54) is 7.11 Å². The van der Waals surface area contributed by atoms with Crippen molar-refractivity contribution in [2.45, 2.75) is 12.2 Å². The number of hydrogen-bond donors (Lipinski definition) is 3. The maximum Gasteiger partial charge on any atom is 0.137 e. The van der Waals surface area contributed by atoms with Gasteiger partial charge in [0.15, 0.2) is 0 Å². The quantitative estimate of drug-likeness (QED) is 0.723. The van der Waals surface area contributed by atoms with Crippen LogP contribution in [0, 0.1) is 0 Å². The summed E-state index contributed by atoms with van der Waals surface area (Å²) in [7, 11) is 3.23. The Balaban J connectivity index is 2.84. The number of benzene rings is 1. The van der Waals surface area contributed by atoms with Crippen molar-refractivity contribution in [1.82, 2.24) is 5.32 Å². The first-order valence-corrected chi connectivity index (χ1v) is 5.32. The molecule has 0 aromatic heterocycles. The fourth-order valence-corrected chi connectivity index (χ4v) is 1.68. The molecule has 1 aromatic rings. The van der Waals surface area contributed by atoms with Crippen molar-refractivity contribution < 1.29 is 14.9 Å². The predicted molar refractivity (Wildman–Crippen MR) is 62.9 cm³/mol. The second-order valence-electron chi connectivity index (χ2n) is 3.46. The van der Waals surface area contributed by atoms with Crippen molar-refractivity contribution >= 4 is 11.6 Å². The van der Waals surface area contributed by atoms with E-state index >= 15 is 0 Å². The van der Waals surface area contributed by atoms with Crippen molar-refractivity contribution in [3.05, 3.63) is 28.8 Å². The average molecular weight is 246 g/mol. The SMILES string of the molecule is CNCC(O)C(O)c1ccc(OC)c(Cl)c1. The molecule has 0 fully saturated rings. The van der Waals surface area contributed by atoms with Gasteiger partial charge >= 0.3 is 0 Å². The Labute approximate surface area is 99.8 Å². The predicted octanol–water partition coefficient (Wildman–Crippen LogP) is 0.962. The molecular weight excluding hydrogens is 230 g/mol. The van der Waals surface area contributed by atoms with Crippen LogP contribution < -0.4 is 10.1 Å². The third-order valence-corrected chi connectivity index (χ3v) is 2.59. The van der Waals surface area contributed by atoms with Crippen LogP contribution in [0.1, 0.15) is 11.7 Å². The lowest BCUT2D eigenvalue weighted by Crippen LogP contribution is -2.29. The van der Waals surface area contributed by atoms with Crippen LogP contribution >= 0.6 is 11.6 Å². The van der Waals surface area contributed by atoms with Crippen molar-refractivity contribution in [2.24, 2.45) is 0 Å². The lowest BCUT2D eigenvalue weighted by Gasteiger charge is -2.18. The van der Waals surface area contributed by atoms with Crippen molar-refractivity contribution in [2.75, 3.05) is 20.7 Å². The van der Waals surface area contributed by atoms with Gasteiger partial charge in [0.2, 0.25) is 0 Å². The van der Waals surface area contributed by atoms with Gasteiger partial charge in [-0.3, -0.25) is 0 Å². The number of likely N-dealkylation sites (N-methyl/N-ethyl adjacent to an activating group) is 1. The number of halogens is 1. The summed E-state index contributed by atoms with van der Waals surface area (Å²) in [6.45, 7) is 0.310. The van der Waals surface area contributed by atoms with Crippen molar-refractivity contribution in [3.63, 3.8) is 0 Å². The normalized spacial score (nSPS) is 14.6. The molecule has 1 aromatic carbocycles. The Morgan fingerprint density at radius 3 is 2.62 bits per heavy atom. The molecule has 2 unspecified atom stereocenters. The minimum absolute atomic E-state index is 0.310. The first-order valence-electron chi connectivity index (χ1n) is 4.94. The van der Waals surface area contributed by atoms with E-state index in [1.807, 2.05) is 0 Å². The van der Waals surface area contributed by atoms with E-state index in [-0.39, 0.29) is 0 Å². The topological polar surface area (TPSA) is 61.7 Å². The molecule has 0 heterocycles. The highest BCUT2D eigenvalue weighted by Crippen LogP contribution is 2.28. The van der Waals surface area contributed by atoms with Crippen molar-refractivity contribution in [1.29, 1.82) is 0 Å². The van der Waals surface area contributed by atoms with Gasteiger partial charge in [0.05, 0.1) is 18.2 Å². The number of aliphatic hydroxyl groups excluding tert-OH is 2. The van der Waals surface area contributed by atoms with Crippen LogP contribution in [0.15, 0.2) is 18.2 Å². The van der Waals surface area contributed by atoms with Crippen molar-refractivity contribution in [3.8, 4) is 5.75 Å². The van der Waals surface area contributed by atoms with E-state index in [0.717, 1.165) is 0 Å². The second-order valence-corrected chi connectivity index (χ2v) is 3.87. The van der Waals surface area contributed by atoms with Gasteiger partial charge in [0.1, 0.15) is 11.9 Å². The fraction of sp³-hybridized carbons (Fsp3) is 0.455. The summed E-state index contributed by atoms with van der Waals surface area (Å²) in [5.41, 5.74) is 0.563. The van der Waals surface area contributed by atoms with Gasteiger partial charge < -0.3 is 20.3 Å². The molecule has 0 saturated heterocycles. The van der Waals surface area contributed by atoms with Gasteiger partial charge in [0.25, 0.3) is 0 Å². The van der Waals surface area contributed by atoms with E-state index in [4.69, 9.17) is 16.3 Å². The molecule has 4 nitrogen and oxygen atoms in total. The average Bonchev–Trinajstić information content (AvgIpc) is 2.28. The first-order chi connectivity index (χ1) is 7.60. The summed E-state index contributed by atoms with van der Waals surface area (Å²) in [6, 6.07) is 4.92. The maximum atomic E-state index is 9.82. The Kier molecular flexibility index (Phi) is 5.02. The van der Waals surface area contributed by atoms with Gasteiger partial charge in [-0.1, -0.05) is 17.7 Å². The molecule has 0 saturated carbocycles. The number of aliphatic hydroxyl groups is 2. The molecular formula is C11H16ClNO3. The minimum Gasteiger partial charge on any atom is -0.495 e. The lowest BCUT2D eigenvalue weighted by molar-refractivity contribution is 0.0202. The van der Waals surface area contributed by atoms with E-state index in [9.17, 15) is 10.2 Å². The third kappa shape index (κ3) is 3.09. The van der Waals surface area contributed by atoms with Crippen LogP contribution in [0.25, 0.3) is 0 Å². The molecule has 0 spiro atoms. The maximum absolute atomic E-state index is 9.82. The number of hydrogen-bond acceptors (Lipinski definition) is 4. The number of ether oxygens (including phenoxy) is 1. The van der Waals surface area contributed by atoms with Crippen LogP contribution in [-0.2, 0) is 0 Å². The van der Waals surface area contributed by atoms with Gasteiger partial charge in [-0.25, -0.2) is 0 Å². The van der Waals surface area contributed by atoms with Crippen LogP contribution in [-0.4, -0.2) is 37.0 Å². The largest absolute Gasteiger partial charge is 0.495 e. The van der Waals surface area contributed by atoms with E-state index < -0.39 is 12.2 Å². The van der Waals surface area contributed by atoms with Gasteiger partial charge in [-0.05, 0) is 24.7 Å². The zero-order valence-electron chi connectivity index (χ0n) is 9.27. The molecule has 0 amide bonds. The Morgan fingerprint density at radius 1 is 1.44 bits per heavy atom. The second kappa shape index (κ2) is 6.06. The van der Waals surface area contributed by atoms with Crippen LogP contribution in [0.3, 0.4) is 0 Å². The summed E-state index contributed by atoms with van der Waals surface area (Å²) in [5.74, 6) is 0.542. The molecule has 0 aliphatic rings. The summed E-state index contributed by atoms with van der Waals surface area (Å²) in [6.07, 6.45) is -1.83. The highest BCUT2D eigenvalue weighted by Gasteiger charge is 2.18. The molecule has 1 rings (SSSR count). The Hall–Kier alpha value is -0.810. The molecule has 0 radical (unpaired) electrons. The summed E-state index contributed by atoms with van der Waals surface area (Å²) < 4.78 is 5.00. The smallest absolute Gasteiger partial charge is 0.137 e.